The van der Waals surface area contributed by atoms with Gasteiger partial charge >= 0.3 is 0 Å². The maximum absolute atomic E-state index is 13.8. The highest BCUT2D eigenvalue weighted by Gasteiger charge is 2.19. The normalized spacial score (nSPS) is 11.9. The molecule has 1 aromatic heterocycles. The van der Waals surface area contributed by atoms with E-state index in [2.05, 4.69) is 15.5 Å². The molecule has 3 rings (SSSR count). The summed E-state index contributed by atoms with van der Waals surface area (Å²) in [6.07, 6.45) is -0.629. The Hall–Kier alpha value is -2.65. The van der Waals surface area contributed by atoms with Crippen molar-refractivity contribution in [1.29, 1.82) is 0 Å². The SMILES string of the molecule is CC(Oc1ccc(F)cc1F)c1nnc(SCC(=O)NCc2ccc(Cl)cc2)n1C. The van der Waals surface area contributed by atoms with E-state index in [0.717, 1.165) is 17.7 Å². The molecular formula is C20H19ClF2N4O2S. The second kappa shape index (κ2) is 9.90. The molecule has 0 aliphatic rings. The highest BCUT2D eigenvalue weighted by Crippen LogP contribution is 2.26. The first-order valence-electron chi connectivity index (χ1n) is 8.98. The monoisotopic (exact) mass is 452 g/mol. The minimum absolute atomic E-state index is 0.0809. The van der Waals surface area contributed by atoms with Crippen molar-refractivity contribution >= 4 is 29.3 Å². The van der Waals surface area contributed by atoms with Gasteiger partial charge in [-0.3, -0.25) is 4.79 Å². The van der Waals surface area contributed by atoms with Crippen molar-refractivity contribution in [2.75, 3.05) is 5.75 Å². The first-order chi connectivity index (χ1) is 14.3. The van der Waals surface area contributed by atoms with E-state index in [-0.39, 0.29) is 17.4 Å². The molecule has 0 saturated carbocycles. The van der Waals surface area contributed by atoms with Crippen LogP contribution in [0.25, 0.3) is 0 Å². The molecule has 0 bridgehead atoms. The Labute approximate surface area is 181 Å². The van der Waals surface area contributed by atoms with Crippen molar-refractivity contribution in [2.24, 2.45) is 7.05 Å². The lowest BCUT2D eigenvalue weighted by Gasteiger charge is -2.14. The number of thioether (sulfide) groups is 1. The van der Waals surface area contributed by atoms with Crippen LogP contribution in [0.5, 0.6) is 5.75 Å². The Morgan fingerprint density at radius 3 is 2.67 bits per heavy atom. The maximum Gasteiger partial charge on any atom is 0.230 e. The Bertz CT molecular complexity index is 1030. The Morgan fingerprint density at radius 1 is 1.23 bits per heavy atom. The molecule has 10 heteroatoms. The van der Waals surface area contributed by atoms with Gasteiger partial charge in [0.25, 0.3) is 0 Å². The van der Waals surface area contributed by atoms with E-state index in [1.165, 1.54) is 17.8 Å². The number of nitrogens with zero attached hydrogens (tertiary/aromatic N) is 3. The molecule has 0 saturated heterocycles. The van der Waals surface area contributed by atoms with Crippen LogP contribution in [-0.4, -0.2) is 26.4 Å². The molecule has 1 N–H and O–H groups in total. The zero-order valence-corrected chi connectivity index (χ0v) is 17.8. The molecule has 1 amide bonds. The lowest BCUT2D eigenvalue weighted by Crippen LogP contribution is -2.24. The maximum atomic E-state index is 13.8. The van der Waals surface area contributed by atoms with E-state index in [4.69, 9.17) is 16.3 Å². The summed E-state index contributed by atoms with van der Waals surface area (Å²) in [6, 6.07) is 10.3. The third-order valence-electron chi connectivity index (χ3n) is 4.17. The molecule has 1 unspecified atom stereocenters. The highest BCUT2D eigenvalue weighted by atomic mass is 35.5. The third-order valence-corrected chi connectivity index (χ3v) is 5.44. The first kappa shape index (κ1) is 22.0. The number of hydrogen-bond acceptors (Lipinski definition) is 5. The lowest BCUT2D eigenvalue weighted by molar-refractivity contribution is -0.118. The van der Waals surface area contributed by atoms with Crippen molar-refractivity contribution < 1.29 is 18.3 Å². The van der Waals surface area contributed by atoms with Crippen molar-refractivity contribution in [3.63, 3.8) is 0 Å². The van der Waals surface area contributed by atoms with Crippen LogP contribution in [0.3, 0.4) is 0 Å². The van der Waals surface area contributed by atoms with E-state index in [1.807, 2.05) is 12.1 Å². The van der Waals surface area contributed by atoms with Gasteiger partial charge in [0.1, 0.15) is 5.82 Å². The van der Waals surface area contributed by atoms with Gasteiger partial charge in [0, 0.05) is 24.7 Å². The van der Waals surface area contributed by atoms with E-state index in [0.29, 0.717) is 22.5 Å². The second-order valence-electron chi connectivity index (χ2n) is 6.43. The topological polar surface area (TPSA) is 69.0 Å². The fourth-order valence-electron chi connectivity index (χ4n) is 2.60. The van der Waals surface area contributed by atoms with Gasteiger partial charge in [-0.15, -0.1) is 10.2 Å². The number of halogens is 3. The summed E-state index contributed by atoms with van der Waals surface area (Å²) >= 11 is 7.06. The summed E-state index contributed by atoms with van der Waals surface area (Å²) in [5.41, 5.74) is 0.942. The number of aromatic nitrogens is 3. The van der Waals surface area contributed by atoms with Gasteiger partial charge in [-0.25, -0.2) is 8.78 Å². The molecule has 6 nitrogen and oxygen atoms in total. The zero-order chi connectivity index (χ0) is 21.7. The molecule has 1 atom stereocenters. The minimum Gasteiger partial charge on any atom is -0.480 e. The molecular weight excluding hydrogens is 434 g/mol. The van der Waals surface area contributed by atoms with Crippen LogP contribution < -0.4 is 10.1 Å². The van der Waals surface area contributed by atoms with Crippen molar-refractivity contribution in [1.82, 2.24) is 20.1 Å². The number of amides is 1. The summed E-state index contributed by atoms with van der Waals surface area (Å²) < 4.78 is 34.0. The molecule has 0 fully saturated rings. The van der Waals surface area contributed by atoms with Crippen LogP contribution in [0.1, 0.15) is 24.4 Å². The smallest absolute Gasteiger partial charge is 0.230 e. The average molecular weight is 453 g/mol. The average Bonchev–Trinajstić information content (AvgIpc) is 3.08. The molecule has 0 aliphatic carbocycles. The molecule has 158 valence electrons. The quantitative estimate of drug-likeness (QED) is 0.516. The van der Waals surface area contributed by atoms with Crippen molar-refractivity contribution in [3.8, 4) is 5.75 Å². The summed E-state index contributed by atoms with van der Waals surface area (Å²) in [5, 5.41) is 12.1. The predicted octanol–water partition coefficient (Wildman–Crippen LogP) is 4.30. The van der Waals surface area contributed by atoms with Gasteiger partial charge in [-0.05, 0) is 36.8 Å². The number of ether oxygens (including phenoxy) is 1. The van der Waals surface area contributed by atoms with E-state index < -0.39 is 17.7 Å². The fraction of sp³-hybridized carbons (Fsp3) is 0.250. The van der Waals surface area contributed by atoms with Crippen LogP contribution in [0, 0.1) is 11.6 Å². The van der Waals surface area contributed by atoms with Crippen molar-refractivity contribution in [3.05, 3.63) is 70.5 Å². The molecule has 1 heterocycles. The van der Waals surface area contributed by atoms with Gasteiger partial charge < -0.3 is 14.6 Å². The van der Waals surface area contributed by atoms with Crippen LogP contribution in [0.2, 0.25) is 5.02 Å². The van der Waals surface area contributed by atoms with Crippen LogP contribution in [-0.2, 0) is 18.4 Å². The Kier molecular flexibility index (Phi) is 7.28. The minimum atomic E-state index is -0.795. The van der Waals surface area contributed by atoms with E-state index >= 15 is 0 Å². The molecule has 30 heavy (non-hydrogen) atoms. The number of nitrogens with one attached hydrogen (secondary N) is 1. The first-order valence-corrected chi connectivity index (χ1v) is 10.3. The van der Waals surface area contributed by atoms with Gasteiger partial charge in [0.05, 0.1) is 5.75 Å². The van der Waals surface area contributed by atoms with Crippen LogP contribution >= 0.6 is 23.4 Å². The predicted molar refractivity (Wildman–Crippen MR) is 110 cm³/mol. The summed E-state index contributed by atoms with van der Waals surface area (Å²) in [4.78, 5) is 12.1. The largest absolute Gasteiger partial charge is 0.480 e. The summed E-state index contributed by atoms with van der Waals surface area (Å²) in [6.45, 7) is 2.08. The number of benzene rings is 2. The number of rotatable bonds is 8. The van der Waals surface area contributed by atoms with Crippen LogP contribution in [0.15, 0.2) is 47.6 Å². The van der Waals surface area contributed by atoms with E-state index in [1.54, 1.807) is 30.7 Å². The van der Waals surface area contributed by atoms with Crippen molar-refractivity contribution in [2.45, 2.75) is 24.7 Å². The second-order valence-corrected chi connectivity index (χ2v) is 7.81. The molecule has 3 aromatic rings. The third kappa shape index (κ3) is 5.70. The molecule has 2 aromatic carbocycles. The van der Waals surface area contributed by atoms with Crippen LogP contribution in [0.4, 0.5) is 8.78 Å². The lowest BCUT2D eigenvalue weighted by atomic mass is 10.2. The van der Waals surface area contributed by atoms with Gasteiger partial charge in [-0.2, -0.15) is 0 Å². The standard InChI is InChI=1S/C20H19ClF2N4O2S/c1-12(29-17-8-7-15(22)9-16(17)23)19-25-26-20(27(19)2)30-11-18(28)24-10-13-3-5-14(21)6-4-13/h3-9,12H,10-11H2,1-2H3,(H,24,28). The molecule has 0 spiro atoms. The highest BCUT2D eigenvalue weighted by molar-refractivity contribution is 7.99. The fourth-order valence-corrected chi connectivity index (χ4v) is 3.48. The zero-order valence-electron chi connectivity index (χ0n) is 16.2. The molecule has 0 radical (unpaired) electrons. The molecule has 0 aliphatic heterocycles. The van der Waals surface area contributed by atoms with Gasteiger partial charge in [0.15, 0.2) is 28.7 Å². The number of carbonyl (C=O) groups is 1. The van der Waals surface area contributed by atoms with E-state index in [9.17, 15) is 13.6 Å². The van der Waals surface area contributed by atoms with Gasteiger partial charge in [0.2, 0.25) is 5.91 Å². The van der Waals surface area contributed by atoms with Gasteiger partial charge in [-0.1, -0.05) is 35.5 Å². The Balaban J connectivity index is 1.54. The number of carbonyl (C=O) groups excluding carboxylic acids is 1. The number of hydrogen-bond donors (Lipinski definition) is 1. The summed E-state index contributed by atoms with van der Waals surface area (Å²) in [5.74, 6) is -1.11. The summed E-state index contributed by atoms with van der Waals surface area (Å²) in [7, 11) is 1.73. The Morgan fingerprint density at radius 2 is 1.97 bits per heavy atom.